The first-order valence-corrected chi connectivity index (χ1v) is 6.58. The molecule has 1 heterocycles. The molecule has 1 unspecified atom stereocenters. The Morgan fingerprint density at radius 1 is 1.40 bits per heavy atom. The fourth-order valence-corrected chi connectivity index (χ4v) is 2.31. The normalized spacial score (nSPS) is 21.9. The lowest BCUT2D eigenvalue weighted by atomic mass is 10.2. The molecule has 1 aliphatic heterocycles. The molecule has 20 heavy (non-hydrogen) atoms. The quantitative estimate of drug-likeness (QED) is 0.616. The molecule has 1 saturated heterocycles. The Balaban J connectivity index is 2.67. The average Bonchev–Trinajstić information content (AvgIpc) is 2.48. The third kappa shape index (κ3) is 4.69. The third-order valence-electron chi connectivity index (χ3n) is 3.31. The number of urea groups is 1. The van der Waals surface area contributed by atoms with E-state index in [4.69, 9.17) is 10.8 Å². The van der Waals surface area contributed by atoms with Crippen molar-refractivity contribution in [3.8, 4) is 0 Å². The summed E-state index contributed by atoms with van der Waals surface area (Å²) in [6.07, 6.45) is 0.408. The van der Waals surface area contributed by atoms with Crippen LogP contribution < -0.4 is 11.1 Å². The van der Waals surface area contributed by atoms with Crippen LogP contribution in [0.4, 0.5) is 4.79 Å². The number of likely N-dealkylation sites (N-methyl/N-ethyl adjacent to an activating group) is 1. The Morgan fingerprint density at radius 2 is 2.05 bits per heavy atom. The summed E-state index contributed by atoms with van der Waals surface area (Å²) in [5, 5.41) is 11.3. The van der Waals surface area contributed by atoms with Gasteiger partial charge in [0.1, 0.15) is 6.04 Å². The van der Waals surface area contributed by atoms with Crippen LogP contribution in [0.25, 0.3) is 0 Å². The molecule has 0 aliphatic carbocycles. The van der Waals surface area contributed by atoms with Gasteiger partial charge < -0.3 is 26.0 Å². The predicted octanol–water partition coefficient (Wildman–Crippen LogP) is -0.949. The zero-order valence-corrected chi connectivity index (χ0v) is 11.8. The zero-order valence-electron chi connectivity index (χ0n) is 11.8. The Kier molecular flexibility index (Phi) is 5.75. The molecule has 0 radical (unpaired) electrons. The van der Waals surface area contributed by atoms with Crippen LogP contribution in [-0.4, -0.2) is 71.6 Å². The number of carboxylic acid groups (broad SMARTS) is 1. The smallest absolute Gasteiger partial charge is 0.326 e. The van der Waals surface area contributed by atoms with Crippen molar-refractivity contribution in [1.82, 2.24) is 15.1 Å². The van der Waals surface area contributed by atoms with Crippen molar-refractivity contribution < 1.29 is 19.5 Å². The minimum absolute atomic E-state index is 0.0227. The van der Waals surface area contributed by atoms with Crippen molar-refractivity contribution in [2.24, 2.45) is 5.73 Å². The Morgan fingerprint density at radius 3 is 2.60 bits per heavy atom. The van der Waals surface area contributed by atoms with E-state index in [9.17, 15) is 14.4 Å². The van der Waals surface area contributed by atoms with Crippen molar-refractivity contribution in [3.63, 3.8) is 0 Å². The van der Waals surface area contributed by atoms with E-state index in [0.717, 1.165) is 19.5 Å². The number of amides is 3. The molecule has 8 heteroatoms. The predicted molar refractivity (Wildman–Crippen MR) is 72.0 cm³/mol. The number of carbonyl (C=O) groups excluding carboxylic acids is 2. The SMILES string of the molecule is CC1CN(C)CCCN1C(=O)N[C@H](CC(N)=O)C(=O)O. The summed E-state index contributed by atoms with van der Waals surface area (Å²) in [6.45, 7) is 4.07. The van der Waals surface area contributed by atoms with Crippen LogP contribution in [-0.2, 0) is 9.59 Å². The molecule has 0 spiro atoms. The van der Waals surface area contributed by atoms with Crippen molar-refractivity contribution in [2.45, 2.75) is 31.8 Å². The first-order chi connectivity index (χ1) is 9.31. The van der Waals surface area contributed by atoms with Gasteiger partial charge in [0, 0.05) is 19.1 Å². The number of primary amides is 1. The van der Waals surface area contributed by atoms with Gasteiger partial charge in [-0.05, 0) is 26.9 Å². The first kappa shape index (κ1) is 16.2. The highest BCUT2D eigenvalue weighted by molar-refractivity contribution is 5.87. The number of nitrogens with one attached hydrogen (secondary N) is 1. The van der Waals surface area contributed by atoms with E-state index < -0.39 is 30.4 Å². The number of hydrogen-bond donors (Lipinski definition) is 3. The number of nitrogens with two attached hydrogens (primary N) is 1. The molecule has 0 bridgehead atoms. The molecule has 3 amide bonds. The standard InChI is InChI=1S/C12H22N4O4/c1-8-7-15(2)4-3-5-16(8)12(20)14-9(11(18)19)6-10(13)17/h8-9H,3-7H2,1-2H3,(H2,13,17)(H,14,20)(H,18,19)/t8?,9-/m1/s1. The molecule has 1 fully saturated rings. The number of rotatable bonds is 4. The van der Waals surface area contributed by atoms with Gasteiger partial charge in [0.25, 0.3) is 0 Å². The summed E-state index contributed by atoms with van der Waals surface area (Å²) in [6, 6.07) is -1.78. The summed E-state index contributed by atoms with van der Waals surface area (Å²) >= 11 is 0. The van der Waals surface area contributed by atoms with Gasteiger partial charge in [-0.25, -0.2) is 9.59 Å². The van der Waals surface area contributed by atoms with Crippen LogP contribution in [0.3, 0.4) is 0 Å². The number of carbonyl (C=O) groups is 3. The minimum atomic E-state index is -1.28. The summed E-state index contributed by atoms with van der Waals surface area (Å²) in [7, 11) is 1.98. The Labute approximate surface area is 117 Å². The lowest BCUT2D eigenvalue weighted by Gasteiger charge is -2.29. The maximum absolute atomic E-state index is 12.1. The second-order valence-electron chi connectivity index (χ2n) is 5.17. The lowest BCUT2D eigenvalue weighted by molar-refractivity contribution is -0.141. The van der Waals surface area contributed by atoms with E-state index in [2.05, 4.69) is 10.2 Å². The van der Waals surface area contributed by atoms with E-state index >= 15 is 0 Å². The Bertz CT molecular complexity index is 388. The summed E-state index contributed by atoms with van der Waals surface area (Å²) in [5.74, 6) is -2.03. The van der Waals surface area contributed by atoms with E-state index in [0.29, 0.717) is 6.54 Å². The van der Waals surface area contributed by atoms with Gasteiger partial charge >= 0.3 is 12.0 Å². The molecule has 114 valence electrons. The van der Waals surface area contributed by atoms with E-state index in [1.165, 1.54) is 0 Å². The molecular formula is C12H22N4O4. The zero-order chi connectivity index (χ0) is 15.3. The molecule has 0 aromatic carbocycles. The highest BCUT2D eigenvalue weighted by Crippen LogP contribution is 2.09. The van der Waals surface area contributed by atoms with Gasteiger partial charge in [-0.15, -0.1) is 0 Å². The second kappa shape index (κ2) is 7.09. The van der Waals surface area contributed by atoms with Crippen molar-refractivity contribution in [2.75, 3.05) is 26.7 Å². The number of aliphatic carboxylic acids is 1. The molecule has 4 N–H and O–H groups in total. The van der Waals surface area contributed by atoms with Crippen molar-refractivity contribution in [3.05, 3.63) is 0 Å². The van der Waals surface area contributed by atoms with Crippen LogP contribution in [0.1, 0.15) is 19.8 Å². The van der Waals surface area contributed by atoms with E-state index in [1.807, 2.05) is 14.0 Å². The second-order valence-corrected chi connectivity index (χ2v) is 5.17. The molecule has 2 atom stereocenters. The number of nitrogens with zero attached hydrogens (tertiary/aromatic N) is 2. The Hall–Kier alpha value is -1.83. The fourth-order valence-electron chi connectivity index (χ4n) is 2.31. The van der Waals surface area contributed by atoms with E-state index in [1.54, 1.807) is 4.90 Å². The molecule has 0 aromatic rings. The van der Waals surface area contributed by atoms with Crippen LogP contribution >= 0.6 is 0 Å². The highest BCUT2D eigenvalue weighted by atomic mass is 16.4. The van der Waals surface area contributed by atoms with Gasteiger partial charge in [-0.2, -0.15) is 0 Å². The average molecular weight is 286 g/mol. The topological polar surface area (TPSA) is 116 Å². The molecule has 1 aliphatic rings. The maximum atomic E-state index is 12.1. The lowest BCUT2D eigenvalue weighted by Crippen LogP contribution is -2.52. The number of hydrogen-bond acceptors (Lipinski definition) is 4. The largest absolute Gasteiger partial charge is 0.480 e. The van der Waals surface area contributed by atoms with Crippen LogP contribution in [0.5, 0.6) is 0 Å². The molecule has 0 aromatic heterocycles. The van der Waals surface area contributed by atoms with Gasteiger partial charge in [-0.1, -0.05) is 0 Å². The number of carboxylic acids is 1. The summed E-state index contributed by atoms with van der Waals surface area (Å²) < 4.78 is 0. The van der Waals surface area contributed by atoms with Gasteiger partial charge in [0.05, 0.1) is 6.42 Å². The van der Waals surface area contributed by atoms with Crippen molar-refractivity contribution >= 4 is 17.9 Å². The maximum Gasteiger partial charge on any atom is 0.326 e. The van der Waals surface area contributed by atoms with Crippen LogP contribution in [0, 0.1) is 0 Å². The minimum Gasteiger partial charge on any atom is -0.480 e. The highest BCUT2D eigenvalue weighted by Gasteiger charge is 2.28. The summed E-state index contributed by atoms with van der Waals surface area (Å²) in [5.41, 5.74) is 4.98. The fraction of sp³-hybridized carbons (Fsp3) is 0.750. The molecule has 1 rings (SSSR count). The summed E-state index contributed by atoms with van der Waals surface area (Å²) in [4.78, 5) is 37.7. The van der Waals surface area contributed by atoms with Gasteiger partial charge in [0.15, 0.2) is 0 Å². The van der Waals surface area contributed by atoms with E-state index in [-0.39, 0.29) is 6.04 Å². The molecule has 0 saturated carbocycles. The van der Waals surface area contributed by atoms with Crippen LogP contribution in [0.15, 0.2) is 0 Å². The third-order valence-corrected chi connectivity index (χ3v) is 3.31. The first-order valence-electron chi connectivity index (χ1n) is 6.58. The van der Waals surface area contributed by atoms with Crippen molar-refractivity contribution in [1.29, 1.82) is 0 Å². The molecular weight excluding hydrogens is 264 g/mol. The monoisotopic (exact) mass is 286 g/mol. The molecule has 8 nitrogen and oxygen atoms in total. The van der Waals surface area contributed by atoms with Crippen LogP contribution in [0.2, 0.25) is 0 Å². The van der Waals surface area contributed by atoms with Gasteiger partial charge in [0.2, 0.25) is 5.91 Å². The van der Waals surface area contributed by atoms with Gasteiger partial charge in [-0.3, -0.25) is 4.79 Å².